The van der Waals surface area contributed by atoms with Crippen LogP contribution >= 0.6 is 0 Å². The van der Waals surface area contributed by atoms with Crippen molar-refractivity contribution in [3.8, 4) is 0 Å². The molecule has 0 heterocycles. The van der Waals surface area contributed by atoms with E-state index in [1.165, 1.54) is 16.7 Å². The van der Waals surface area contributed by atoms with Gasteiger partial charge in [0.1, 0.15) is 0 Å². The molecule has 0 N–H and O–H groups in total. The smallest absolute Gasteiger partial charge is 0.0234 e. The minimum Gasteiger partial charge on any atom is -0.0700 e. The molecule has 2 aliphatic carbocycles. The highest BCUT2D eigenvalue weighted by Gasteiger charge is 2.18. The highest BCUT2D eigenvalue weighted by molar-refractivity contribution is 5.49. The predicted molar refractivity (Wildman–Crippen MR) is 48.2 cm³/mol. The van der Waals surface area contributed by atoms with Gasteiger partial charge in [-0.3, -0.25) is 0 Å². The molecule has 0 bridgehead atoms. The Morgan fingerprint density at radius 2 is 2.09 bits per heavy atom. The number of hydrogen-bond donors (Lipinski definition) is 0. The molecule has 0 fully saturated rings. The summed E-state index contributed by atoms with van der Waals surface area (Å²) in [5.41, 5.74) is 4.29. The highest BCUT2D eigenvalue weighted by atomic mass is 14.2. The van der Waals surface area contributed by atoms with E-state index in [0.717, 1.165) is 0 Å². The van der Waals surface area contributed by atoms with Gasteiger partial charge in [-0.1, -0.05) is 41.5 Å². The van der Waals surface area contributed by atoms with Gasteiger partial charge in [-0.25, -0.2) is 0 Å². The standard InChI is InChI=1S/C11H12/c1-8-6-10-5-3-4-9(2)11(10)7-8/h3-7,11H,1-2H3. The van der Waals surface area contributed by atoms with E-state index in [0.29, 0.717) is 5.92 Å². The summed E-state index contributed by atoms with van der Waals surface area (Å²) < 4.78 is 0. The van der Waals surface area contributed by atoms with Crippen LogP contribution in [0, 0.1) is 5.92 Å². The van der Waals surface area contributed by atoms with Crippen molar-refractivity contribution < 1.29 is 0 Å². The van der Waals surface area contributed by atoms with E-state index in [-0.39, 0.29) is 0 Å². The van der Waals surface area contributed by atoms with Crippen LogP contribution in [0.4, 0.5) is 0 Å². The first kappa shape index (κ1) is 6.66. The van der Waals surface area contributed by atoms with Crippen molar-refractivity contribution in [2.24, 2.45) is 5.92 Å². The molecule has 0 amide bonds. The molecule has 1 unspecified atom stereocenters. The van der Waals surface area contributed by atoms with Gasteiger partial charge in [0.2, 0.25) is 0 Å². The summed E-state index contributed by atoms with van der Waals surface area (Å²) in [7, 11) is 0. The third kappa shape index (κ3) is 0.988. The fraction of sp³-hybridized carbons (Fsp3) is 0.273. The third-order valence-corrected chi connectivity index (χ3v) is 2.32. The maximum absolute atomic E-state index is 2.32. The van der Waals surface area contributed by atoms with E-state index in [9.17, 15) is 0 Å². The fourth-order valence-corrected chi connectivity index (χ4v) is 1.72. The molecule has 0 spiro atoms. The molecule has 0 nitrogen and oxygen atoms in total. The van der Waals surface area contributed by atoms with Crippen LogP contribution in [0.3, 0.4) is 0 Å². The average Bonchev–Trinajstić information content (AvgIpc) is 2.31. The lowest BCUT2D eigenvalue weighted by atomic mass is 9.91. The second kappa shape index (κ2) is 2.23. The highest BCUT2D eigenvalue weighted by Crippen LogP contribution is 2.33. The fourth-order valence-electron chi connectivity index (χ4n) is 1.72. The molecule has 0 aromatic heterocycles. The van der Waals surface area contributed by atoms with Crippen LogP contribution < -0.4 is 0 Å². The largest absolute Gasteiger partial charge is 0.0700 e. The second-order valence-electron chi connectivity index (χ2n) is 3.30. The van der Waals surface area contributed by atoms with Gasteiger partial charge in [-0.05, 0) is 19.4 Å². The lowest BCUT2D eigenvalue weighted by molar-refractivity contribution is 0.926. The zero-order valence-electron chi connectivity index (χ0n) is 6.96. The van der Waals surface area contributed by atoms with Gasteiger partial charge in [-0.15, -0.1) is 0 Å². The van der Waals surface area contributed by atoms with Crippen molar-refractivity contribution in [1.29, 1.82) is 0 Å². The molecule has 1 atom stereocenters. The van der Waals surface area contributed by atoms with Crippen LogP contribution in [0.1, 0.15) is 13.8 Å². The van der Waals surface area contributed by atoms with E-state index in [4.69, 9.17) is 0 Å². The average molecular weight is 144 g/mol. The molecule has 2 aliphatic rings. The molecule has 11 heavy (non-hydrogen) atoms. The van der Waals surface area contributed by atoms with E-state index in [2.05, 4.69) is 44.2 Å². The third-order valence-electron chi connectivity index (χ3n) is 2.32. The molecule has 0 saturated heterocycles. The first-order valence-corrected chi connectivity index (χ1v) is 4.02. The van der Waals surface area contributed by atoms with Crippen molar-refractivity contribution in [3.63, 3.8) is 0 Å². The quantitative estimate of drug-likeness (QED) is 0.490. The number of fused-ring (bicyclic) bond motifs is 1. The Balaban J connectivity index is 2.44. The predicted octanol–water partition coefficient (Wildman–Crippen LogP) is 3.01. The summed E-state index contributed by atoms with van der Waals surface area (Å²) in [5, 5.41) is 0. The Kier molecular flexibility index (Phi) is 1.35. The van der Waals surface area contributed by atoms with Gasteiger partial charge in [-0.2, -0.15) is 0 Å². The van der Waals surface area contributed by atoms with Crippen molar-refractivity contribution in [3.05, 3.63) is 47.1 Å². The van der Waals surface area contributed by atoms with Crippen LogP contribution in [-0.4, -0.2) is 0 Å². The zero-order chi connectivity index (χ0) is 7.84. The van der Waals surface area contributed by atoms with Crippen LogP contribution in [0.2, 0.25) is 0 Å². The Morgan fingerprint density at radius 3 is 2.82 bits per heavy atom. The number of hydrogen-bond acceptors (Lipinski definition) is 0. The van der Waals surface area contributed by atoms with Gasteiger partial charge < -0.3 is 0 Å². The van der Waals surface area contributed by atoms with E-state index in [1.807, 2.05) is 0 Å². The summed E-state index contributed by atoms with van der Waals surface area (Å²) in [5.74, 6) is 0.583. The van der Waals surface area contributed by atoms with Gasteiger partial charge >= 0.3 is 0 Å². The minimum absolute atomic E-state index is 0.583. The summed E-state index contributed by atoms with van der Waals surface area (Å²) in [4.78, 5) is 0. The van der Waals surface area contributed by atoms with Crippen molar-refractivity contribution in [2.45, 2.75) is 13.8 Å². The van der Waals surface area contributed by atoms with Crippen molar-refractivity contribution in [1.82, 2.24) is 0 Å². The SMILES string of the molecule is CC1=CC2C(C)=CC=CC2=C1. The monoisotopic (exact) mass is 144 g/mol. The van der Waals surface area contributed by atoms with Crippen molar-refractivity contribution in [2.75, 3.05) is 0 Å². The van der Waals surface area contributed by atoms with E-state index in [1.54, 1.807) is 0 Å². The summed E-state index contributed by atoms with van der Waals surface area (Å²) >= 11 is 0. The van der Waals surface area contributed by atoms with Crippen LogP contribution in [-0.2, 0) is 0 Å². The summed E-state index contributed by atoms with van der Waals surface area (Å²) in [6.07, 6.45) is 11.1. The van der Waals surface area contributed by atoms with Gasteiger partial charge in [0.05, 0.1) is 0 Å². The van der Waals surface area contributed by atoms with Crippen LogP contribution in [0.5, 0.6) is 0 Å². The molecule has 0 radical (unpaired) electrons. The van der Waals surface area contributed by atoms with E-state index < -0.39 is 0 Å². The normalized spacial score (nSPS) is 27.5. The second-order valence-corrected chi connectivity index (χ2v) is 3.30. The molecular weight excluding hydrogens is 132 g/mol. The molecule has 0 saturated carbocycles. The Hall–Kier alpha value is -1.04. The number of allylic oxidation sites excluding steroid dienone is 8. The molecule has 0 aromatic carbocycles. The Morgan fingerprint density at radius 1 is 1.27 bits per heavy atom. The topological polar surface area (TPSA) is 0 Å². The molecule has 0 heteroatoms. The van der Waals surface area contributed by atoms with Crippen molar-refractivity contribution >= 4 is 0 Å². The van der Waals surface area contributed by atoms with E-state index >= 15 is 0 Å². The van der Waals surface area contributed by atoms with Gasteiger partial charge in [0.25, 0.3) is 0 Å². The molecule has 0 aromatic rings. The molecule has 0 aliphatic heterocycles. The summed E-state index contributed by atoms with van der Waals surface area (Å²) in [6, 6.07) is 0. The zero-order valence-corrected chi connectivity index (χ0v) is 6.96. The number of rotatable bonds is 0. The first-order valence-electron chi connectivity index (χ1n) is 4.02. The lowest BCUT2D eigenvalue weighted by Crippen LogP contribution is -2.00. The Labute approximate surface area is 67.6 Å². The maximum atomic E-state index is 2.32. The molecular formula is C11H12. The molecule has 56 valence electrons. The first-order chi connectivity index (χ1) is 5.27. The van der Waals surface area contributed by atoms with Gasteiger partial charge in [0, 0.05) is 5.92 Å². The summed E-state index contributed by atoms with van der Waals surface area (Å²) in [6.45, 7) is 4.35. The Bertz CT molecular complexity index is 298. The van der Waals surface area contributed by atoms with Crippen LogP contribution in [0.25, 0.3) is 0 Å². The molecule has 2 rings (SSSR count). The lowest BCUT2D eigenvalue weighted by Gasteiger charge is -2.14. The maximum Gasteiger partial charge on any atom is 0.0234 e. The van der Waals surface area contributed by atoms with Gasteiger partial charge in [0.15, 0.2) is 0 Å². The minimum atomic E-state index is 0.583. The van der Waals surface area contributed by atoms with Crippen LogP contribution in [0.15, 0.2) is 47.1 Å².